The van der Waals surface area contributed by atoms with Crippen molar-refractivity contribution in [2.24, 2.45) is 5.92 Å². The molecule has 0 spiro atoms. The number of aromatic nitrogens is 3. The molecule has 2 aromatic heterocycles. The maximum absolute atomic E-state index is 12.8. The molecule has 6 heteroatoms. The van der Waals surface area contributed by atoms with E-state index in [4.69, 9.17) is 5.26 Å². The quantitative estimate of drug-likeness (QED) is 0.766. The number of rotatable bonds is 7. The Bertz CT molecular complexity index is 857. The largest absolute Gasteiger partial charge is 0.340 e. The van der Waals surface area contributed by atoms with Crippen LogP contribution in [0.15, 0.2) is 6.20 Å². The third kappa shape index (κ3) is 3.72. The first kappa shape index (κ1) is 18.4. The minimum absolute atomic E-state index is 0.241. The molecule has 0 aliphatic heterocycles. The van der Waals surface area contributed by atoms with E-state index in [1.54, 1.807) is 10.7 Å². The van der Waals surface area contributed by atoms with Crippen molar-refractivity contribution < 1.29 is 4.79 Å². The molecule has 2 aromatic rings. The highest BCUT2D eigenvalue weighted by atomic mass is 16.2. The van der Waals surface area contributed by atoms with Gasteiger partial charge in [0.15, 0.2) is 5.65 Å². The Balaban J connectivity index is 1.74. The molecule has 26 heavy (non-hydrogen) atoms. The number of nitriles is 1. The van der Waals surface area contributed by atoms with Crippen molar-refractivity contribution in [3.63, 3.8) is 0 Å². The van der Waals surface area contributed by atoms with Gasteiger partial charge < -0.3 is 4.90 Å². The fraction of sp³-hybridized carbons (Fsp3) is 0.600. The summed E-state index contributed by atoms with van der Waals surface area (Å²) >= 11 is 0. The van der Waals surface area contributed by atoms with Crippen LogP contribution in [0.3, 0.4) is 0 Å². The van der Waals surface area contributed by atoms with Crippen molar-refractivity contribution in [1.82, 2.24) is 19.5 Å². The average Bonchev–Trinajstić information content (AvgIpc) is 3.34. The van der Waals surface area contributed by atoms with Crippen molar-refractivity contribution in [2.75, 3.05) is 6.54 Å². The number of fused-ring (bicyclic) bond motifs is 1. The zero-order valence-electron chi connectivity index (χ0n) is 16.1. The van der Waals surface area contributed by atoms with Crippen LogP contribution in [0.4, 0.5) is 0 Å². The zero-order chi connectivity index (χ0) is 18.8. The molecule has 2 heterocycles. The van der Waals surface area contributed by atoms with Crippen LogP contribution in [0.5, 0.6) is 0 Å². The third-order valence-corrected chi connectivity index (χ3v) is 5.17. The maximum atomic E-state index is 12.8. The average molecular weight is 353 g/mol. The highest BCUT2D eigenvalue weighted by Gasteiger charge is 2.32. The second-order valence-electron chi connectivity index (χ2n) is 7.67. The number of amides is 1. The fourth-order valence-electron chi connectivity index (χ4n) is 3.42. The van der Waals surface area contributed by atoms with Crippen LogP contribution < -0.4 is 0 Å². The predicted octanol–water partition coefficient (Wildman–Crippen LogP) is 3.19. The summed E-state index contributed by atoms with van der Waals surface area (Å²) in [6.45, 7) is 9.18. The molecule has 138 valence electrons. The molecule has 0 N–H and O–H groups in total. The summed E-state index contributed by atoms with van der Waals surface area (Å²) in [4.78, 5) is 19.4. The number of hydrogen-bond donors (Lipinski definition) is 0. The summed E-state index contributed by atoms with van der Waals surface area (Å²) in [5.41, 5.74) is 3.96. The molecule has 0 saturated heterocycles. The van der Waals surface area contributed by atoms with E-state index in [0.717, 1.165) is 42.8 Å². The van der Waals surface area contributed by atoms with Gasteiger partial charge >= 0.3 is 0 Å². The number of hydrogen-bond acceptors (Lipinski definition) is 4. The lowest BCUT2D eigenvalue weighted by atomic mass is 10.1. The molecule has 0 bridgehead atoms. The molecule has 6 nitrogen and oxygen atoms in total. The van der Waals surface area contributed by atoms with Gasteiger partial charge in [0.05, 0.1) is 6.20 Å². The van der Waals surface area contributed by atoms with Gasteiger partial charge in [0, 0.05) is 30.4 Å². The molecule has 0 unspecified atom stereocenters. The Kier molecular flexibility index (Phi) is 5.26. The molecule has 1 amide bonds. The standard InChI is InChI=1S/C20H27N5O/c1-13(2)9-10-24(17-5-6-17)19(26)8-7-18-14(3)23-20-16(11-21)12-22-25(20)15(18)4/h12-13,17H,5-10H2,1-4H3. The van der Waals surface area contributed by atoms with Crippen LogP contribution in [0.25, 0.3) is 5.65 Å². The van der Waals surface area contributed by atoms with Gasteiger partial charge in [-0.2, -0.15) is 10.4 Å². The van der Waals surface area contributed by atoms with Gasteiger partial charge in [-0.25, -0.2) is 9.50 Å². The Morgan fingerprint density at radius 2 is 2.15 bits per heavy atom. The van der Waals surface area contributed by atoms with Crippen LogP contribution in [-0.4, -0.2) is 38.0 Å². The number of carbonyl (C=O) groups excluding carboxylic acids is 1. The van der Waals surface area contributed by atoms with Gasteiger partial charge in [-0.15, -0.1) is 0 Å². The SMILES string of the molecule is Cc1nc2c(C#N)cnn2c(C)c1CCC(=O)N(CCC(C)C)C1CC1. The van der Waals surface area contributed by atoms with E-state index in [1.807, 2.05) is 13.8 Å². The normalized spacial score (nSPS) is 14.0. The first-order chi connectivity index (χ1) is 12.4. The van der Waals surface area contributed by atoms with Gasteiger partial charge in [0.25, 0.3) is 0 Å². The van der Waals surface area contributed by atoms with Gasteiger partial charge in [-0.3, -0.25) is 4.79 Å². The third-order valence-electron chi connectivity index (χ3n) is 5.17. The molecule has 1 saturated carbocycles. The summed E-state index contributed by atoms with van der Waals surface area (Å²) in [5.74, 6) is 0.847. The van der Waals surface area contributed by atoms with Gasteiger partial charge in [-0.1, -0.05) is 13.8 Å². The first-order valence-corrected chi connectivity index (χ1v) is 9.45. The lowest BCUT2D eigenvalue weighted by Crippen LogP contribution is -2.34. The Morgan fingerprint density at radius 1 is 1.42 bits per heavy atom. The number of carbonyl (C=O) groups is 1. The second kappa shape index (κ2) is 7.45. The highest BCUT2D eigenvalue weighted by Crippen LogP contribution is 2.28. The van der Waals surface area contributed by atoms with E-state index in [-0.39, 0.29) is 5.91 Å². The number of nitrogens with zero attached hydrogens (tertiary/aromatic N) is 5. The van der Waals surface area contributed by atoms with Crippen LogP contribution in [-0.2, 0) is 11.2 Å². The lowest BCUT2D eigenvalue weighted by molar-refractivity contribution is -0.131. The Morgan fingerprint density at radius 3 is 2.77 bits per heavy atom. The van der Waals surface area contributed by atoms with E-state index >= 15 is 0 Å². The molecule has 1 aliphatic rings. The Labute approximate surface area is 154 Å². The van der Waals surface area contributed by atoms with Gasteiger partial charge in [-0.05, 0) is 51.0 Å². The molecular weight excluding hydrogens is 326 g/mol. The fourth-order valence-corrected chi connectivity index (χ4v) is 3.42. The van der Waals surface area contributed by atoms with Crippen molar-refractivity contribution in [1.29, 1.82) is 5.26 Å². The minimum Gasteiger partial charge on any atom is -0.340 e. The van der Waals surface area contributed by atoms with Gasteiger partial charge in [0.2, 0.25) is 5.91 Å². The molecule has 0 aromatic carbocycles. The summed E-state index contributed by atoms with van der Waals surface area (Å²) in [6, 6.07) is 2.58. The van der Waals surface area contributed by atoms with E-state index in [0.29, 0.717) is 36.0 Å². The van der Waals surface area contributed by atoms with E-state index in [2.05, 4.69) is 34.9 Å². The maximum Gasteiger partial charge on any atom is 0.223 e. The topological polar surface area (TPSA) is 74.3 Å². The molecule has 1 aliphatic carbocycles. The minimum atomic E-state index is 0.241. The number of aryl methyl sites for hydroxylation is 2. The second-order valence-corrected chi connectivity index (χ2v) is 7.67. The summed E-state index contributed by atoms with van der Waals surface area (Å²) < 4.78 is 1.71. The van der Waals surface area contributed by atoms with Gasteiger partial charge in [0.1, 0.15) is 11.6 Å². The van der Waals surface area contributed by atoms with Crippen molar-refractivity contribution in [2.45, 2.75) is 65.8 Å². The van der Waals surface area contributed by atoms with Crippen molar-refractivity contribution >= 4 is 11.6 Å². The molecule has 1 fully saturated rings. The summed E-state index contributed by atoms with van der Waals surface area (Å²) in [7, 11) is 0. The zero-order valence-corrected chi connectivity index (χ0v) is 16.1. The predicted molar refractivity (Wildman–Crippen MR) is 99.7 cm³/mol. The van der Waals surface area contributed by atoms with E-state index in [1.165, 1.54) is 0 Å². The van der Waals surface area contributed by atoms with Crippen LogP contribution >= 0.6 is 0 Å². The smallest absolute Gasteiger partial charge is 0.223 e. The van der Waals surface area contributed by atoms with E-state index in [9.17, 15) is 4.79 Å². The molecule has 3 rings (SSSR count). The lowest BCUT2D eigenvalue weighted by Gasteiger charge is -2.23. The van der Waals surface area contributed by atoms with Crippen LogP contribution in [0.1, 0.15) is 62.0 Å². The molecule has 0 atom stereocenters. The molecule has 0 radical (unpaired) electrons. The van der Waals surface area contributed by atoms with Crippen molar-refractivity contribution in [3.8, 4) is 6.07 Å². The summed E-state index contributed by atoms with van der Waals surface area (Å²) in [5, 5.41) is 13.4. The Hall–Kier alpha value is -2.42. The van der Waals surface area contributed by atoms with E-state index < -0.39 is 0 Å². The van der Waals surface area contributed by atoms with Crippen molar-refractivity contribution in [3.05, 3.63) is 28.7 Å². The summed E-state index contributed by atoms with van der Waals surface area (Å²) in [6.07, 6.45) is 6.03. The van der Waals surface area contributed by atoms with Crippen LogP contribution in [0.2, 0.25) is 0 Å². The van der Waals surface area contributed by atoms with Crippen LogP contribution in [0, 0.1) is 31.1 Å². The monoisotopic (exact) mass is 353 g/mol. The first-order valence-electron chi connectivity index (χ1n) is 9.45. The highest BCUT2D eigenvalue weighted by molar-refractivity contribution is 5.77. The molecular formula is C20H27N5O.